The number of carboxylic acid groups (broad SMARTS) is 1. The quantitative estimate of drug-likeness (QED) is 0.518. The molecule has 1 heterocycles. The predicted molar refractivity (Wildman–Crippen MR) is 118 cm³/mol. The molecule has 0 bridgehead atoms. The molecule has 3 aromatic rings. The Labute approximate surface area is 180 Å². The smallest absolute Gasteiger partial charge is 0.326 e. The zero-order valence-corrected chi connectivity index (χ0v) is 17.9. The van der Waals surface area contributed by atoms with Gasteiger partial charge in [-0.3, -0.25) is 4.79 Å². The lowest BCUT2D eigenvalue weighted by atomic mass is 9.98. The Morgan fingerprint density at radius 3 is 2.48 bits per heavy atom. The van der Waals surface area contributed by atoms with Crippen LogP contribution in [0, 0.1) is 0 Å². The first-order valence-corrected chi connectivity index (χ1v) is 9.84. The second-order valence-electron chi connectivity index (χ2n) is 7.03. The number of para-hydroxylation sites is 1. The molecule has 0 spiro atoms. The number of aliphatic carboxylic acids is 1. The number of methoxy groups -OCH3 is 2. The highest BCUT2D eigenvalue weighted by molar-refractivity contribution is 6.01. The van der Waals surface area contributed by atoms with Gasteiger partial charge >= 0.3 is 5.97 Å². The number of hydrogen-bond acceptors (Lipinski definition) is 5. The summed E-state index contributed by atoms with van der Waals surface area (Å²) in [5, 5.41) is 12.5. The average molecular weight is 423 g/mol. The van der Waals surface area contributed by atoms with Crippen LogP contribution in [0.15, 0.2) is 53.2 Å². The fraction of sp³-hybridized carbons (Fsp3) is 0.250. The van der Waals surface area contributed by atoms with Crippen molar-refractivity contribution >= 4 is 28.4 Å². The lowest BCUT2D eigenvalue weighted by Crippen LogP contribution is -2.39. The van der Waals surface area contributed by atoms with Crippen LogP contribution >= 0.6 is 0 Å². The van der Waals surface area contributed by atoms with Gasteiger partial charge in [-0.25, -0.2) is 4.79 Å². The molecule has 7 nitrogen and oxygen atoms in total. The number of fused-ring (bicyclic) bond motifs is 1. The van der Waals surface area contributed by atoms with Crippen molar-refractivity contribution in [3.05, 3.63) is 54.3 Å². The number of ether oxygens (including phenoxy) is 2. The van der Waals surface area contributed by atoms with E-state index in [2.05, 4.69) is 5.32 Å². The second kappa shape index (κ2) is 9.38. The van der Waals surface area contributed by atoms with Gasteiger partial charge in [0.05, 0.1) is 20.5 Å². The maximum absolute atomic E-state index is 12.4. The molecule has 0 radical (unpaired) electrons. The van der Waals surface area contributed by atoms with Gasteiger partial charge in [-0.05, 0) is 31.1 Å². The molecule has 0 fully saturated rings. The van der Waals surface area contributed by atoms with E-state index in [1.54, 1.807) is 40.4 Å². The molecule has 2 aromatic carbocycles. The summed E-state index contributed by atoms with van der Waals surface area (Å²) >= 11 is 0. The number of furan rings is 1. The van der Waals surface area contributed by atoms with Gasteiger partial charge in [0.1, 0.15) is 23.1 Å². The molecule has 3 rings (SSSR count). The minimum atomic E-state index is -1.07. The first-order valence-electron chi connectivity index (χ1n) is 9.84. The predicted octanol–water partition coefficient (Wildman–Crippen LogP) is 4.50. The van der Waals surface area contributed by atoms with Gasteiger partial charge in [-0.1, -0.05) is 25.1 Å². The number of nitrogens with one attached hydrogen (secondary N) is 1. The molecule has 1 amide bonds. The number of hydrogen-bond donors (Lipinski definition) is 2. The van der Waals surface area contributed by atoms with E-state index in [9.17, 15) is 9.59 Å². The van der Waals surface area contributed by atoms with Crippen molar-refractivity contribution in [1.82, 2.24) is 5.32 Å². The molecule has 162 valence electrons. The van der Waals surface area contributed by atoms with E-state index >= 15 is 0 Å². The van der Waals surface area contributed by atoms with Crippen LogP contribution < -0.4 is 14.8 Å². The number of benzene rings is 2. The molecule has 0 aliphatic carbocycles. The maximum Gasteiger partial charge on any atom is 0.326 e. The van der Waals surface area contributed by atoms with Gasteiger partial charge in [0.2, 0.25) is 5.91 Å². The van der Waals surface area contributed by atoms with E-state index in [0.29, 0.717) is 34.6 Å². The summed E-state index contributed by atoms with van der Waals surface area (Å²) in [7, 11) is 3.15. The summed E-state index contributed by atoms with van der Waals surface area (Å²) in [5.74, 6) is -0.291. The molecule has 0 saturated heterocycles. The van der Waals surface area contributed by atoms with Crippen molar-refractivity contribution < 1.29 is 28.6 Å². The van der Waals surface area contributed by atoms with Crippen LogP contribution in [-0.4, -0.2) is 37.2 Å². The molecular formula is C24H25NO6. The molecule has 0 aliphatic rings. The Morgan fingerprint density at radius 1 is 1.13 bits per heavy atom. The molecule has 1 aromatic heterocycles. The number of allylic oxidation sites excluding steroid dienone is 1. The van der Waals surface area contributed by atoms with Crippen molar-refractivity contribution in [2.24, 2.45) is 0 Å². The third kappa shape index (κ3) is 4.55. The third-order valence-electron chi connectivity index (χ3n) is 5.09. The second-order valence-corrected chi connectivity index (χ2v) is 7.03. The Bertz CT molecular complexity index is 1140. The normalized spacial score (nSPS) is 12.5. The van der Waals surface area contributed by atoms with Crippen molar-refractivity contribution in [3.8, 4) is 22.6 Å². The van der Waals surface area contributed by atoms with E-state index in [-0.39, 0.29) is 0 Å². The van der Waals surface area contributed by atoms with E-state index in [0.717, 1.165) is 16.5 Å². The number of rotatable bonds is 8. The summed E-state index contributed by atoms with van der Waals surface area (Å²) < 4.78 is 16.7. The molecule has 2 N–H and O–H groups in total. The van der Waals surface area contributed by atoms with Crippen molar-refractivity contribution in [2.75, 3.05) is 14.2 Å². The minimum Gasteiger partial charge on any atom is -0.496 e. The van der Waals surface area contributed by atoms with Crippen LogP contribution in [0.4, 0.5) is 0 Å². The Hall–Kier alpha value is -3.74. The van der Waals surface area contributed by atoms with E-state index in [4.69, 9.17) is 19.0 Å². The monoisotopic (exact) mass is 423 g/mol. The molecule has 0 saturated carbocycles. The van der Waals surface area contributed by atoms with Crippen LogP contribution in [-0.2, 0) is 9.59 Å². The third-order valence-corrected chi connectivity index (χ3v) is 5.09. The minimum absolute atomic E-state index is 0.292. The van der Waals surface area contributed by atoms with Gasteiger partial charge in [-0.2, -0.15) is 0 Å². The first-order chi connectivity index (χ1) is 14.9. The topological polar surface area (TPSA) is 98.0 Å². The molecule has 0 aliphatic heterocycles. The van der Waals surface area contributed by atoms with Gasteiger partial charge in [0.25, 0.3) is 0 Å². The number of carbonyl (C=O) groups is 2. The standard InChI is InChI=1S/C24H25NO6/c1-5-19(24(27)28)25-23(26)10-14(2)16-11-17-18(13-31-22(17)12-21(16)30-4)15-8-6-7-9-20(15)29-3/h6-13,19H,5H2,1-4H3,(H,25,26)(H,27,28)/b14-10+. The van der Waals surface area contributed by atoms with Crippen molar-refractivity contribution in [3.63, 3.8) is 0 Å². The molecular weight excluding hydrogens is 398 g/mol. The average Bonchev–Trinajstić information content (AvgIpc) is 3.18. The van der Waals surface area contributed by atoms with Gasteiger partial charge in [0, 0.05) is 34.2 Å². The molecule has 7 heteroatoms. The summed E-state index contributed by atoms with van der Waals surface area (Å²) in [6, 6.07) is 10.4. The molecule has 1 unspecified atom stereocenters. The highest BCUT2D eigenvalue weighted by Gasteiger charge is 2.19. The Kier molecular flexibility index (Phi) is 6.65. The van der Waals surface area contributed by atoms with Crippen molar-refractivity contribution in [2.45, 2.75) is 26.3 Å². The number of carbonyl (C=O) groups excluding carboxylic acids is 1. The zero-order chi connectivity index (χ0) is 22.5. The van der Waals surface area contributed by atoms with Crippen LogP contribution in [0.5, 0.6) is 11.5 Å². The van der Waals surface area contributed by atoms with E-state index in [1.165, 1.54) is 6.08 Å². The van der Waals surface area contributed by atoms with Crippen LogP contribution in [0.2, 0.25) is 0 Å². The van der Waals surface area contributed by atoms with Crippen LogP contribution in [0.25, 0.3) is 27.7 Å². The largest absolute Gasteiger partial charge is 0.496 e. The van der Waals surface area contributed by atoms with Crippen molar-refractivity contribution in [1.29, 1.82) is 0 Å². The first kappa shape index (κ1) is 22.0. The highest BCUT2D eigenvalue weighted by Crippen LogP contribution is 2.40. The maximum atomic E-state index is 12.4. The Balaban J connectivity index is 2.05. The van der Waals surface area contributed by atoms with Gasteiger partial charge in [-0.15, -0.1) is 0 Å². The summed E-state index contributed by atoms with van der Waals surface area (Å²) in [5.41, 5.74) is 3.70. The van der Waals surface area contributed by atoms with Crippen LogP contribution in [0.1, 0.15) is 25.8 Å². The van der Waals surface area contributed by atoms with Gasteiger partial charge in [0.15, 0.2) is 0 Å². The Morgan fingerprint density at radius 2 is 1.84 bits per heavy atom. The summed E-state index contributed by atoms with van der Waals surface area (Å²) in [4.78, 5) is 23.5. The fourth-order valence-corrected chi connectivity index (χ4v) is 3.43. The lowest BCUT2D eigenvalue weighted by Gasteiger charge is -2.13. The van der Waals surface area contributed by atoms with Crippen LogP contribution in [0.3, 0.4) is 0 Å². The zero-order valence-electron chi connectivity index (χ0n) is 17.9. The SMILES string of the molecule is CCC(NC(=O)/C=C(\C)c1cc2c(-c3ccccc3OC)coc2cc1OC)C(=O)O. The number of amides is 1. The van der Waals surface area contributed by atoms with E-state index in [1.807, 2.05) is 30.3 Å². The summed E-state index contributed by atoms with van der Waals surface area (Å²) in [6.45, 7) is 3.47. The summed E-state index contributed by atoms with van der Waals surface area (Å²) in [6.07, 6.45) is 3.33. The highest BCUT2D eigenvalue weighted by atomic mass is 16.5. The van der Waals surface area contributed by atoms with E-state index < -0.39 is 17.9 Å². The lowest BCUT2D eigenvalue weighted by molar-refractivity contribution is -0.141. The fourth-order valence-electron chi connectivity index (χ4n) is 3.43. The molecule has 1 atom stereocenters. The number of carboxylic acids is 1. The molecule has 31 heavy (non-hydrogen) atoms. The van der Waals surface area contributed by atoms with Gasteiger partial charge < -0.3 is 24.3 Å².